The third-order valence-corrected chi connectivity index (χ3v) is 4.55. The van der Waals surface area contributed by atoms with Gasteiger partial charge in [-0.25, -0.2) is 4.39 Å². The standard InChI is InChI=1S/C22H26ClFN2O3/c1-15(2)12-25-22(28)16(3)26(13-17-4-6-18(23)7-5-17)21(27)14-29-20-10-8-19(24)9-11-20/h4-11,15-16H,12-14H2,1-3H3,(H,25,28)/t16-/m1/s1. The van der Waals surface area contributed by atoms with Crippen molar-refractivity contribution in [3.05, 3.63) is 64.9 Å². The van der Waals surface area contributed by atoms with Crippen molar-refractivity contribution in [2.75, 3.05) is 13.2 Å². The first kappa shape index (κ1) is 22.7. The van der Waals surface area contributed by atoms with Gasteiger partial charge in [0.25, 0.3) is 5.91 Å². The van der Waals surface area contributed by atoms with Crippen LogP contribution in [-0.2, 0) is 16.1 Å². The molecule has 2 aromatic rings. The van der Waals surface area contributed by atoms with Crippen molar-refractivity contribution in [2.45, 2.75) is 33.4 Å². The molecule has 5 nitrogen and oxygen atoms in total. The van der Waals surface area contributed by atoms with E-state index < -0.39 is 6.04 Å². The molecule has 0 aliphatic rings. The summed E-state index contributed by atoms with van der Waals surface area (Å²) in [6.45, 7) is 6.18. The third kappa shape index (κ3) is 7.38. The van der Waals surface area contributed by atoms with Gasteiger partial charge in [-0.3, -0.25) is 9.59 Å². The van der Waals surface area contributed by atoms with E-state index in [-0.39, 0.29) is 30.8 Å². The summed E-state index contributed by atoms with van der Waals surface area (Å²) in [5.74, 6) is -0.292. The van der Waals surface area contributed by atoms with Gasteiger partial charge in [-0.2, -0.15) is 0 Å². The van der Waals surface area contributed by atoms with Gasteiger partial charge in [-0.05, 0) is 54.8 Å². The summed E-state index contributed by atoms with van der Waals surface area (Å²) in [5, 5.41) is 3.45. The molecule has 0 saturated heterocycles. The first-order chi connectivity index (χ1) is 13.8. The van der Waals surface area contributed by atoms with Crippen LogP contribution in [0.5, 0.6) is 5.75 Å². The van der Waals surface area contributed by atoms with Gasteiger partial charge in [0.05, 0.1) is 0 Å². The van der Waals surface area contributed by atoms with Crippen LogP contribution >= 0.6 is 11.6 Å². The highest BCUT2D eigenvalue weighted by Crippen LogP contribution is 2.15. The quantitative estimate of drug-likeness (QED) is 0.665. The second kappa shape index (κ2) is 10.8. The van der Waals surface area contributed by atoms with Crippen LogP contribution in [0.1, 0.15) is 26.3 Å². The van der Waals surface area contributed by atoms with E-state index >= 15 is 0 Å². The average molecular weight is 421 g/mol. The van der Waals surface area contributed by atoms with Crippen molar-refractivity contribution in [1.82, 2.24) is 10.2 Å². The summed E-state index contributed by atoms with van der Waals surface area (Å²) < 4.78 is 18.5. The molecule has 2 amide bonds. The molecule has 29 heavy (non-hydrogen) atoms. The summed E-state index contributed by atoms with van der Waals surface area (Å²) in [4.78, 5) is 26.9. The summed E-state index contributed by atoms with van der Waals surface area (Å²) in [6, 6.07) is 11.8. The van der Waals surface area contributed by atoms with Crippen molar-refractivity contribution in [2.24, 2.45) is 5.92 Å². The smallest absolute Gasteiger partial charge is 0.261 e. The number of benzene rings is 2. The monoisotopic (exact) mass is 420 g/mol. The van der Waals surface area contributed by atoms with E-state index in [1.54, 1.807) is 19.1 Å². The van der Waals surface area contributed by atoms with Crippen LogP contribution in [-0.4, -0.2) is 35.9 Å². The highest BCUT2D eigenvalue weighted by Gasteiger charge is 2.26. The van der Waals surface area contributed by atoms with Gasteiger partial charge in [0.2, 0.25) is 5.91 Å². The van der Waals surface area contributed by atoms with Crippen molar-refractivity contribution in [1.29, 1.82) is 0 Å². The molecule has 0 aliphatic carbocycles. The zero-order chi connectivity index (χ0) is 21.4. The summed E-state index contributed by atoms with van der Waals surface area (Å²) in [7, 11) is 0. The Morgan fingerprint density at radius 2 is 1.69 bits per heavy atom. The Morgan fingerprint density at radius 1 is 1.07 bits per heavy atom. The van der Waals surface area contributed by atoms with Gasteiger partial charge in [-0.15, -0.1) is 0 Å². The molecule has 0 fully saturated rings. The number of nitrogens with one attached hydrogen (secondary N) is 1. The van der Waals surface area contributed by atoms with E-state index in [9.17, 15) is 14.0 Å². The summed E-state index contributed by atoms with van der Waals surface area (Å²) in [5.41, 5.74) is 0.841. The first-order valence-electron chi connectivity index (χ1n) is 9.46. The topological polar surface area (TPSA) is 58.6 Å². The highest BCUT2D eigenvalue weighted by atomic mass is 35.5. The Balaban J connectivity index is 2.10. The molecule has 0 radical (unpaired) electrons. The van der Waals surface area contributed by atoms with Crippen LogP contribution in [0.25, 0.3) is 0 Å². The Morgan fingerprint density at radius 3 is 2.28 bits per heavy atom. The minimum atomic E-state index is -0.686. The maximum atomic E-state index is 13.0. The van der Waals surface area contributed by atoms with Gasteiger partial charge < -0.3 is 15.0 Å². The number of carbonyl (C=O) groups is 2. The van der Waals surface area contributed by atoms with Crippen molar-refractivity contribution in [3.8, 4) is 5.75 Å². The van der Waals surface area contributed by atoms with E-state index in [1.165, 1.54) is 29.2 Å². The van der Waals surface area contributed by atoms with Crippen LogP contribution in [0.3, 0.4) is 0 Å². The Bertz CT molecular complexity index is 810. The fraction of sp³-hybridized carbons (Fsp3) is 0.364. The summed E-state index contributed by atoms with van der Waals surface area (Å²) in [6.07, 6.45) is 0. The van der Waals surface area contributed by atoms with E-state index in [1.807, 2.05) is 26.0 Å². The van der Waals surface area contributed by atoms with E-state index in [4.69, 9.17) is 16.3 Å². The molecule has 7 heteroatoms. The number of amides is 2. The van der Waals surface area contributed by atoms with Crippen molar-refractivity contribution in [3.63, 3.8) is 0 Å². The second-order valence-corrected chi connectivity index (χ2v) is 7.64. The molecule has 1 N–H and O–H groups in total. The zero-order valence-electron chi connectivity index (χ0n) is 16.8. The SMILES string of the molecule is CC(C)CNC(=O)[C@@H](C)N(Cc1ccc(Cl)cc1)C(=O)COc1ccc(F)cc1. The average Bonchev–Trinajstić information content (AvgIpc) is 2.70. The van der Waals surface area contributed by atoms with E-state index in [0.717, 1.165) is 5.56 Å². The van der Waals surface area contributed by atoms with Crippen LogP contribution in [0.4, 0.5) is 4.39 Å². The molecule has 0 heterocycles. The van der Waals surface area contributed by atoms with Crippen molar-refractivity contribution >= 4 is 23.4 Å². The maximum Gasteiger partial charge on any atom is 0.261 e. The Hall–Kier alpha value is -2.60. The van der Waals surface area contributed by atoms with E-state index in [0.29, 0.717) is 23.2 Å². The maximum absolute atomic E-state index is 13.0. The largest absolute Gasteiger partial charge is 0.484 e. The zero-order valence-corrected chi connectivity index (χ0v) is 17.6. The molecule has 0 spiro atoms. The van der Waals surface area contributed by atoms with Gasteiger partial charge in [-0.1, -0.05) is 37.6 Å². The summed E-state index contributed by atoms with van der Waals surface area (Å²) >= 11 is 5.93. The Labute approximate surface area is 175 Å². The minimum Gasteiger partial charge on any atom is -0.484 e. The number of carbonyl (C=O) groups excluding carboxylic acids is 2. The predicted molar refractivity (Wildman–Crippen MR) is 111 cm³/mol. The van der Waals surface area contributed by atoms with Crippen LogP contribution in [0.15, 0.2) is 48.5 Å². The van der Waals surface area contributed by atoms with Crippen LogP contribution in [0, 0.1) is 11.7 Å². The molecule has 0 unspecified atom stereocenters. The van der Waals surface area contributed by atoms with Crippen LogP contribution in [0.2, 0.25) is 5.02 Å². The lowest BCUT2D eigenvalue weighted by Gasteiger charge is -2.29. The van der Waals surface area contributed by atoms with Crippen LogP contribution < -0.4 is 10.1 Å². The normalized spacial score (nSPS) is 11.8. The minimum absolute atomic E-state index is 0.234. The molecule has 156 valence electrons. The third-order valence-electron chi connectivity index (χ3n) is 4.29. The second-order valence-electron chi connectivity index (χ2n) is 7.21. The number of nitrogens with zero attached hydrogens (tertiary/aromatic N) is 1. The lowest BCUT2D eigenvalue weighted by molar-refractivity contribution is -0.142. The van der Waals surface area contributed by atoms with Gasteiger partial charge in [0.1, 0.15) is 17.6 Å². The fourth-order valence-corrected chi connectivity index (χ4v) is 2.71. The number of halogens is 2. The lowest BCUT2D eigenvalue weighted by Crippen LogP contribution is -2.49. The molecule has 2 aromatic carbocycles. The van der Waals surface area contributed by atoms with Gasteiger partial charge in [0.15, 0.2) is 6.61 Å². The lowest BCUT2D eigenvalue weighted by atomic mass is 10.1. The highest BCUT2D eigenvalue weighted by molar-refractivity contribution is 6.30. The molecule has 2 rings (SSSR count). The number of ether oxygens (including phenoxy) is 1. The van der Waals surface area contributed by atoms with E-state index in [2.05, 4.69) is 5.32 Å². The molecule has 0 aliphatic heterocycles. The molecule has 0 bridgehead atoms. The van der Waals surface area contributed by atoms with Crippen molar-refractivity contribution < 1.29 is 18.7 Å². The molecular weight excluding hydrogens is 395 g/mol. The first-order valence-corrected chi connectivity index (χ1v) is 9.84. The van der Waals surface area contributed by atoms with Gasteiger partial charge in [0, 0.05) is 18.1 Å². The molecule has 0 saturated carbocycles. The number of rotatable bonds is 9. The number of hydrogen-bond acceptors (Lipinski definition) is 3. The Kier molecular flexibility index (Phi) is 8.46. The molecule has 0 aromatic heterocycles. The molecular formula is C22H26ClFN2O3. The van der Waals surface area contributed by atoms with Gasteiger partial charge >= 0.3 is 0 Å². The predicted octanol–water partition coefficient (Wildman–Crippen LogP) is 4.05. The molecule has 1 atom stereocenters. The fourth-order valence-electron chi connectivity index (χ4n) is 2.58. The number of hydrogen-bond donors (Lipinski definition) is 1.